The third kappa shape index (κ3) is 3.24. The van der Waals surface area contributed by atoms with Crippen LogP contribution in [0, 0.1) is 0 Å². The highest BCUT2D eigenvalue weighted by molar-refractivity contribution is 6.24. The molecule has 7 heteroatoms. The van der Waals surface area contributed by atoms with Crippen LogP contribution in [0.2, 0.25) is 0 Å². The summed E-state index contributed by atoms with van der Waals surface area (Å²) in [5, 5.41) is 0. The first-order chi connectivity index (χ1) is 16.0. The lowest BCUT2D eigenvalue weighted by Gasteiger charge is -2.49. The van der Waals surface area contributed by atoms with Crippen LogP contribution >= 0.6 is 0 Å². The Morgan fingerprint density at radius 3 is 2.03 bits per heavy atom. The largest absolute Gasteiger partial charge is 0.497 e. The molecule has 3 aromatic carbocycles. The molecule has 0 spiro atoms. The molecule has 0 N–H and O–H groups in total. The van der Waals surface area contributed by atoms with Crippen LogP contribution in [0.1, 0.15) is 39.2 Å². The summed E-state index contributed by atoms with van der Waals surface area (Å²) < 4.78 is 10.9. The fourth-order valence-corrected chi connectivity index (χ4v) is 4.50. The molecule has 5 rings (SSSR count). The van der Waals surface area contributed by atoms with Gasteiger partial charge in [-0.15, -0.1) is 0 Å². The summed E-state index contributed by atoms with van der Waals surface area (Å²) in [4.78, 5) is 42.4. The van der Waals surface area contributed by atoms with Gasteiger partial charge < -0.3 is 14.4 Å². The van der Waals surface area contributed by atoms with Crippen molar-refractivity contribution in [1.29, 1.82) is 0 Å². The lowest BCUT2D eigenvalue weighted by molar-refractivity contribution is -0.130. The minimum Gasteiger partial charge on any atom is -0.497 e. The number of benzene rings is 3. The van der Waals surface area contributed by atoms with Crippen molar-refractivity contribution in [3.63, 3.8) is 0 Å². The molecule has 1 fully saturated rings. The van der Waals surface area contributed by atoms with E-state index >= 15 is 0 Å². The molecular weight excluding hydrogens is 420 g/mol. The average molecular weight is 442 g/mol. The predicted molar refractivity (Wildman–Crippen MR) is 122 cm³/mol. The van der Waals surface area contributed by atoms with E-state index in [2.05, 4.69) is 0 Å². The van der Waals surface area contributed by atoms with E-state index in [0.717, 1.165) is 10.5 Å². The number of nitrogens with zero attached hydrogens (tertiary/aromatic N) is 2. The van der Waals surface area contributed by atoms with E-state index in [1.165, 1.54) is 0 Å². The number of carbonyl (C=O) groups is 3. The van der Waals surface area contributed by atoms with E-state index in [-0.39, 0.29) is 5.91 Å². The van der Waals surface area contributed by atoms with Crippen LogP contribution in [0.4, 0.5) is 5.69 Å². The maximum atomic E-state index is 13.5. The van der Waals surface area contributed by atoms with E-state index < -0.39 is 23.9 Å². The summed E-state index contributed by atoms with van der Waals surface area (Å²) in [6.45, 7) is 2.44. The fourth-order valence-electron chi connectivity index (χ4n) is 4.50. The molecule has 1 saturated heterocycles. The first kappa shape index (κ1) is 20.8. The molecule has 2 heterocycles. The van der Waals surface area contributed by atoms with E-state index in [4.69, 9.17) is 9.47 Å². The second-order valence-corrected chi connectivity index (χ2v) is 7.83. The van der Waals surface area contributed by atoms with E-state index in [0.29, 0.717) is 34.9 Å². The summed E-state index contributed by atoms with van der Waals surface area (Å²) in [6.07, 6.45) is 0. The Bertz CT molecular complexity index is 1220. The van der Waals surface area contributed by atoms with Gasteiger partial charge in [-0.05, 0) is 61.0 Å². The molecule has 0 aromatic heterocycles. The zero-order valence-electron chi connectivity index (χ0n) is 18.2. The van der Waals surface area contributed by atoms with Crippen molar-refractivity contribution in [3.05, 3.63) is 89.5 Å². The molecule has 2 unspecified atom stereocenters. The number of rotatable bonds is 6. The van der Waals surface area contributed by atoms with Crippen molar-refractivity contribution in [2.75, 3.05) is 18.6 Å². The van der Waals surface area contributed by atoms with Gasteiger partial charge in [0.15, 0.2) is 0 Å². The molecule has 3 aromatic rings. The number of methoxy groups -OCH3 is 1. The van der Waals surface area contributed by atoms with Crippen molar-refractivity contribution in [2.45, 2.75) is 19.0 Å². The molecule has 0 bridgehead atoms. The normalized spacial score (nSPS) is 19.4. The zero-order chi connectivity index (χ0) is 23.1. The van der Waals surface area contributed by atoms with Crippen LogP contribution in [0.3, 0.4) is 0 Å². The lowest BCUT2D eigenvalue weighted by atomic mass is 9.86. The predicted octanol–water partition coefficient (Wildman–Crippen LogP) is 3.85. The van der Waals surface area contributed by atoms with Crippen molar-refractivity contribution in [1.82, 2.24) is 4.90 Å². The Hall–Kier alpha value is -4.13. The van der Waals surface area contributed by atoms with Gasteiger partial charge in [-0.2, -0.15) is 0 Å². The van der Waals surface area contributed by atoms with Gasteiger partial charge in [-0.25, -0.2) is 0 Å². The van der Waals surface area contributed by atoms with Gasteiger partial charge in [0.25, 0.3) is 17.7 Å². The maximum Gasteiger partial charge on any atom is 0.262 e. The third-order valence-corrected chi connectivity index (χ3v) is 6.03. The maximum absolute atomic E-state index is 13.5. The lowest BCUT2D eigenvalue weighted by Crippen LogP contribution is -2.67. The first-order valence-corrected chi connectivity index (χ1v) is 10.7. The number of carbonyl (C=O) groups excluding carboxylic acids is 3. The molecule has 2 aliphatic heterocycles. The number of hydrogen-bond acceptors (Lipinski definition) is 5. The molecule has 0 radical (unpaired) electrons. The molecule has 7 nitrogen and oxygen atoms in total. The van der Waals surface area contributed by atoms with E-state index in [9.17, 15) is 14.4 Å². The Morgan fingerprint density at radius 1 is 0.758 bits per heavy atom. The third-order valence-electron chi connectivity index (χ3n) is 6.03. The van der Waals surface area contributed by atoms with Crippen LogP contribution in [-0.4, -0.2) is 42.4 Å². The van der Waals surface area contributed by atoms with Crippen LogP contribution < -0.4 is 14.4 Å². The van der Waals surface area contributed by atoms with Crippen LogP contribution in [0.25, 0.3) is 0 Å². The average Bonchev–Trinajstić information content (AvgIpc) is 3.09. The van der Waals surface area contributed by atoms with Gasteiger partial charge >= 0.3 is 0 Å². The fraction of sp³-hybridized carbons (Fsp3) is 0.192. The molecule has 166 valence electrons. The molecule has 0 aliphatic carbocycles. The number of amides is 3. The van der Waals surface area contributed by atoms with Gasteiger partial charge in [0, 0.05) is 5.69 Å². The number of fused-ring (bicyclic) bond motifs is 1. The quantitative estimate of drug-likeness (QED) is 0.428. The standard InChI is InChI=1S/C26H22N2O5/c1-3-33-18-13-11-17(12-14-18)27-22(16-7-6-8-19(15-16)32-2)23(26(27)31)28-24(29)20-9-4-5-10-21(20)25(28)30/h4-15,22-23H,3H2,1-2H3. The summed E-state index contributed by atoms with van der Waals surface area (Å²) in [5.74, 6) is 0.103. The number of imide groups is 1. The molecule has 0 saturated carbocycles. The summed E-state index contributed by atoms with van der Waals surface area (Å²) in [5.41, 5.74) is 2.06. The van der Waals surface area contributed by atoms with E-state index in [1.54, 1.807) is 60.5 Å². The van der Waals surface area contributed by atoms with Gasteiger partial charge in [0.2, 0.25) is 0 Å². The SMILES string of the molecule is CCOc1ccc(N2C(=O)C(N3C(=O)c4ccccc4C3=O)C2c2cccc(OC)c2)cc1. The monoisotopic (exact) mass is 442 g/mol. The second-order valence-electron chi connectivity index (χ2n) is 7.83. The summed E-state index contributed by atoms with van der Waals surface area (Å²) in [6, 6.07) is 19.7. The molecule has 2 atom stereocenters. The van der Waals surface area contributed by atoms with Gasteiger partial charge in [-0.3, -0.25) is 19.3 Å². The number of hydrogen-bond donors (Lipinski definition) is 0. The van der Waals surface area contributed by atoms with Gasteiger partial charge in [0.05, 0.1) is 30.9 Å². The van der Waals surface area contributed by atoms with Crippen molar-refractivity contribution >= 4 is 23.4 Å². The highest BCUT2D eigenvalue weighted by atomic mass is 16.5. The Morgan fingerprint density at radius 2 is 1.42 bits per heavy atom. The smallest absolute Gasteiger partial charge is 0.262 e. The number of β-lactam (4-membered cyclic amide) rings is 1. The minimum absolute atomic E-state index is 0.318. The van der Waals surface area contributed by atoms with Crippen molar-refractivity contribution < 1.29 is 23.9 Å². The van der Waals surface area contributed by atoms with E-state index in [1.807, 2.05) is 31.2 Å². The van der Waals surface area contributed by atoms with Gasteiger partial charge in [0.1, 0.15) is 17.5 Å². The number of anilines is 1. The summed E-state index contributed by atoms with van der Waals surface area (Å²) in [7, 11) is 1.57. The summed E-state index contributed by atoms with van der Waals surface area (Å²) >= 11 is 0. The molecule has 33 heavy (non-hydrogen) atoms. The highest BCUT2D eigenvalue weighted by Crippen LogP contribution is 2.45. The molecule has 2 aliphatic rings. The van der Waals surface area contributed by atoms with Crippen LogP contribution in [0.15, 0.2) is 72.8 Å². The molecule has 3 amide bonds. The minimum atomic E-state index is -0.948. The first-order valence-electron chi connectivity index (χ1n) is 10.7. The Labute approximate surface area is 191 Å². The van der Waals surface area contributed by atoms with Crippen molar-refractivity contribution in [2.24, 2.45) is 0 Å². The van der Waals surface area contributed by atoms with Gasteiger partial charge in [-0.1, -0.05) is 24.3 Å². The van der Waals surface area contributed by atoms with Crippen molar-refractivity contribution in [3.8, 4) is 11.5 Å². The second kappa shape index (κ2) is 8.09. The topological polar surface area (TPSA) is 76.2 Å². The Balaban J connectivity index is 1.56. The van der Waals surface area contributed by atoms with Crippen LogP contribution in [0.5, 0.6) is 11.5 Å². The Kier molecular flexibility index (Phi) is 5.09. The zero-order valence-corrected chi connectivity index (χ0v) is 18.2. The highest BCUT2D eigenvalue weighted by Gasteiger charge is 2.57. The number of ether oxygens (including phenoxy) is 2. The van der Waals surface area contributed by atoms with Crippen LogP contribution in [-0.2, 0) is 4.79 Å². The molecular formula is C26H22N2O5.